The Bertz CT molecular complexity index is 368. The van der Waals surface area contributed by atoms with Crippen molar-refractivity contribution in [2.75, 3.05) is 6.54 Å². The average molecular weight is 265 g/mol. The summed E-state index contributed by atoms with van der Waals surface area (Å²) in [6.07, 6.45) is 5.71. The van der Waals surface area contributed by atoms with E-state index < -0.39 is 0 Å². The maximum atomic E-state index is 4.87. The summed E-state index contributed by atoms with van der Waals surface area (Å²) in [5.74, 6) is 0. The first-order chi connectivity index (χ1) is 9.19. The lowest BCUT2D eigenvalue weighted by atomic mass is 10.1. The first-order valence-electron chi connectivity index (χ1n) is 7.99. The van der Waals surface area contributed by atoms with Gasteiger partial charge in [-0.25, -0.2) is 0 Å². The van der Waals surface area contributed by atoms with E-state index in [-0.39, 0.29) is 0 Å². The monoisotopic (exact) mass is 265 g/mol. The van der Waals surface area contributed by atoms with E-state index in [0.29, 0.717) is 6.04 Å². The molecule has 0 amide bonds. The predicted octanol–water partition coefficient (Wildman–Crippen LogP) is 3.87. The minimum atomic E-state index is 0.519. The van der Waals surface area contributed by atoms with E-state index in [1.165, 1.54) is 36.2 Å². The van der Waals surface area contributed by atoms with Gasteiger partial charge in [0.15, 0.2) is 0 Å². The van der Waals surface area contributed by atoms with Gasteiger partial charge in [-0.15, -0.1) is 0 Å². The van der Waals surface area contributed by atoms with E-state index in [1.54, 1.807) is 0 Å². The molecule has 3 nitrogen and oxygen atoms in total. The molecular formula is C16H31N3. The fraction of sp³-hybridized carbons (Fsp3) is 0.812. The molecule has 0 radical (unpaired) electrons. The zero-order valence-corrected chi connectivity index (χ0v) is 13.4. The standard InChI is InChI=1S/C16H31N3/c1-6-10-13(5)19-16(9-4)14(12-17-11-7-2)15(8-3)18-19/h13,17H,6-12H2,1-5H3. The van der Waals surface area contributed by atoms with Crippen molar-refractivity contribution >= 4 is 0 Å². The molecule has 0 aromatic carbocycles. The minimum Gasteiger partial charge on any atom is -0.313 e. The minimum absolute atomic E-state index is 0.519. The van der Waals surface area contributed by atoms with E-state index >= 15 is 0 Å². The number of hydrogen-bond donors (Lipinski definition) is 1. The molecule has 1 heterocycles. The van der Waals surface area contributed by atoms with Gasteiger partial charge < -0.3 is 5.32 Å². The van der Waals surface area contributed by atoms with E-state index in [9.17, 15) is 0 Å². The van der Waals surface area contributed by atoms with Crippen molar-refractivity contribution in [3.8, 4) is 0 Å². The lowest BCUT2D eigenvalue weighted by molar-refractivity contribution is 0.437. The second kappa shape index (κ2) is 8.36. The van der Waals surface area contributed by atoms with Crippen LogP contribution in [-0.2, 0) is 19.4 Å². The van der Waals surface area contributed by atoms with E-state index in [2.05, 4.69) is 44.6 Å². The predicted molar refractivity (Wildman–Crippen MR) is 82.6 cm³/mol. The third kappa shape index (κ3) is 4.07. The second-order valence-corrected chi connectivity index (χ2v) is 5.34. The van der Waals surface area contributed by atoms with Crippen LogP contribution in [0.25, 0.3) is 0 Å². The first kappa shape index (κ1) is 16.2. The molecule has 110 valence electrons. The summed E-state index contributed by atoms with van der Waals surface area (Å²) >= 11 is 0. The SMILES string of the molecule is CCCNCc1c(CC)nn(C(C)CCC)c1CC. The summed E-state index contributed by atoms with van der Waals surface area (Å²) in [6, 6.07) is 0.519. The molecule has 0 fully saturated rings. The zero-order valence-electron chi connectivity index (χ0n) is 13.4. The molecule has 1 aromatic heterocycles. The van der Waals surface area contributed by atoms with Gasteiger partial charge in [0.2, 0.25) is 0 Å². The van der Waals surface area contributed by atoms with Gasteiger partial charge in [0.1, 0.15) is 0 Å². The molecule has 1 aromatic rings. The largest absolute Gasteiger partial charge is 0.313 e. The molecule has 0 aliphatic heterocycles. The van der Waals surface area contributed by atoms with Gasteiger partial charge in [0.05, 0.1) is 5.69 Å². The van der Waals surface area contributed by atoms with Crippen molar-refractivity contribution in [2.45, 2.75) is 79.3 Å². The van der Waals surface area contributed by atoms with Crippen LogP contribution in [0, 0.1) is 0 Å². The van der Waals surface area contributed by atoms with Gasteiger partial charge in [0, 0.05) is 23.8 Å². The summed E-state index contributed by atoms with van der Waals surface area (Å²) in [5, 5.41) is 8.41. The summed E-state index contributed by atoms with van der Waals surface area (Å²) in [4.78, 5) is 0. The zero-order chi connectivity index (χ0) is 14.3. The maximum Gasteiger partial charge on any atom is 0.0669 e. The van der Waals surface area contributed by atoms with Crippen LogP contribution < -0.4 is 5.32 Å². The van der Waals surface area contributed by atoms with Gasteiger partial charge in [0.25, 0.3) is 0 Å². The molecule has 1 N–H and O–H groups in total. The van der Waals surface area contributed by atoms with Crippen molar-refractivity contribution in [1.29, 1.82) is 0 Å². The molecule has 0 bridgehead atoms. The Balaban J connectivity index is 2.99. The highest BCUT2D eigenvalue weighted by molar-refractivity contribution is 5.27. The Morgan fingerprint density at radius 3 is 2.37 bits per heavy atom. The van der Waals surface area contributed by atoms with Crippen LogP contribution in [0.15, 0.2) is 0 Å². The number of nitrogens with zero attached hydrogens (tertiary/aromatic N) is 2. The molecule has 19 heavy (non-hydrogen) atoms. The molecule has 0 saturated carbocycles. The van der Waals surface area contributed by atoms with Crippen LogP contribution in [0.2, 0.25) is 0 Å². The van der Waals surface area contributed by atoms with Crippen LogP contribution in [0.1, 0.15) is 76.9 Å². The second-order valence-electron chi connectivity index (χ2n) is 5.34. The third-order valence-electron chi connectivity index (χ3n) is 3.72. The molecule has 1 atom stereocenters. The Kier molecular flexibility index (Phi) is 7.14. The van der Waals surface area contributed by atoms with E-state index in [0.717, 1.165) is 25.9 Å². The van der Waals surface area contributed by atoms with Crippen LogP contribution in [0.3, 0.4) is 0 Å². The smallest absolute Gasteiger partial charge is 0.0669 e. The van der Waals surface area contributed by atoms with Gasteiger partial charge >= 0.3 is 0 Å². The van der Waals surface area contributed by atoms with Crippen molar-refractivity contribution in [3.63, 3.8) is 0 Å². The summed E-state index contributed by atoms with van der Waals surface area (Å²) in [5.41, 5.74) is 4.16. The topological polar surface area (TPSA) is 29.9 Å². The van der Waals surface area contributed by atoms with Gasteiger partial charge in [-0.05, 0) is 39.2 Å². The van der Waals surface area contributed by atoms with Crippen molar-refractivity contribution in [2.24, 2.45) is 0 Å². The molecule has 1 rings (SSSR count). The van der Waals surface area contributed by atoms with Gasteiger partial charge in [-0.2, -0.15) is 5.10 Å². The van der Waals surface area contributed by atoms with E-state index in [1.807, 2.05) is 0 Å². The molecule has 0 saturated heterocycles. The molecule has 0 spiro atoms. The van der Waals surface area contributed by atoms with Crippen molar-refractivity contribution in [1.82, 2.24) is 15.1 Å². The number of hydrogen-bond acceptors (Lipinski definition) is 2. The molecule has 3 heteroatoms. The van der Waals surface area contributed by atoms with Crippen LogP contribution in [0.5, 0.6) is 0 Å². The van der Waals surface area contributed by atoms with Crippen LogP contribution >= 0.6 is 0 Å². The maximum absolute atomic E-state index is 4.87. The van der Waals surface area contributed by atoms with Gasteiger partial charge in [-0.3, -0.25) is 4.68 Å². The number of aromatic nitrogens is 2. The normalized spacial score (nSPS) is 12.9. The highest BCUT2D eigenvalue weighted by Gasteiger charge is 2.17. The molecule has 0 aliphatic carbocycles. The highest BCUT2D eigenvalue weighted by atomic mass is 15.3. The fourth-order valence-corrected chi connectivity index (χ4v) is 2.71. The first-order valence-corrected chi connectivity index (χ1v) is 7.99. The third-order valence-corrected chi connectivity index (χ3v) is 3.72. The van der Waals surface area contributed by atoms with E-state index in [4.69, 9.17) is 5.10 Å². The molecular weight excluding hydrogens is 234 g/mol. The lowest BCUT2D eigenvalue weighted by Crippen LogP contribution is -2.16. The Hall–Kier alpha value is -0.830. The summed E-state index contributed by atoms with van der Waals surface area (Å²) in [7, 11) is 0. The van der Waals surface area contributed by atoms with Crippen LogP contribution in [0.4, 0.5) is 0 Å². The van der Waals surface area contributed by atoms with Gasteiger partial charge in [-0.1, -0.05) is 34.1 Å². The summed E-state index contributed by atoms with van der Waals surface area (Å²) in [6.45, 7) is 13.3. The highest BCUT2D eigenvalue weighted by Crippen LogP contribution is 2.22. The van der Waals surface area contributed by atoms with Crippen molar-refractivity contribution in [3.05, 3.63) is 17.0 Å². The average Bonchev–Trinajstić information content (AvgIpc) is 2.77. The molecule has 0 aliphatic rings. The Morgan fingerprint density at radius 2 is 1.84 bits per heavy atom. The fourth-order valence-electron chi connectivity index (χ4n) is 2.71. The quantitative estimate of drug-likeness (QED) is 0.687. The number of nitrogens with one attached hydrogen (secondary N) is 1. The van der Waals surface area contributed by atoms with Crippen LogP contribution in [-0.4, -0.2) is 16.3 Å². The lowest BCUT2D eigenvalue weighted by Gasteiger charge is -2.15. The Labute approximate surface area is 118 Å². The summed E-state index contributed by atoms with van der Waals surface area (Å²) < 4.78 is 2.28. The number of aryl methyl sites for hydroxylation is 1. The molecule has 1 unspecified atom stereocenters. The Morgan fingerprint density at radius 1 is 1.11 bits per heavy atom. The van der Waals surface area contributed by atoms with Crippen molar-refractivity contribution < 1.29 is 0 Å². The number of rotatable bonds is 9.